The standard InChI is InChI=1S/C23H32F3NO2/c1-2-29-22(28)11-16-9-6-10-21(27-14-15-7-4-3-5-8-15)23(16)17-12-19(25)20(26)13-18(17)24/h12-13,15-16,21,23,27H,2-11,14H2,1H3. The van der Waals surface area contributed by atoms with Crippen molar-refractivity contribution in [2.24, 2.45) is 11.8 Å². The summed E-state index contributed by atoms with van der Waals surface area (Å²) >= 11 is 0. The summed E-state index contributed by atoms with van der Waals surface area (Å²) in [4.78, 5) is 12.1. The molecular weight excluding hydrogens is 379 g/mol. The minimum absolute atomic E-state index is 0.0653. The van der Waals surface area contributed by atoms with Crippen LogP contribution in [0.15, 0.2) is 12.1 Å². The topological polar surface area (TPSA) is 38.3 Å². The van der Waals surface area contributed by atoms with E-state index in [1.165, 1.54) is 32.1 Å². The van der Waals surface area contributed by atoms with E-state index in [0.717, 1.165) is 31.9 Å². The summed E-state index contributed by atoms with van der Waals surface area (Å²) in [6.07, 6.45) is 8.79. The fourth-order valence-electron chi connectivity index (χ4n) is 5.15. The minimum Gasteiger partial charge on any atom is -0.466 e. The maximum Gasteiger partial charge on any atom is 0.306 e. The van der Waals surface area contributed by atoms with Crippen molar-refractivity contribution in [2.75, 3.05) is 13.2 Å². The molecule has 2 aliphatic carbocycles. The van der Waals surface area contributed by atoms with Gasteiger partial charge >= 0.3 is 5.97 Å². The molecule has 0 saturated heterocycles. The molecule has 0 bridgehead atoms. The van der Waals surface area contributed by atoms with E-state index in [9.17, 15) is 18.0 Å². The fraction of sp³-hybridized carbons (Fsp3) is 0.696. The second kappa shape index (κ2) is 10.5. The van der Waals surface area contributed by atoms with Gasteiger partial charge in [-0.2, -0.15) is 0 Å². The molecule has 3 unspecified atom stereocenters. The summed E-state index contributed by atoms with van der Waals surface area (Å²) in [5.74, 6) is -3.24. The van der Waals surface area contributed by atoms with Crippen molar-refractivity contribution < 1.29 is 22.7 Å². The predicted octanol–water partition coefficient (Wildman–Crippen LogP) is 5.48. The van der Waals surface area contributed by atoms with Crippen molar-refractivity contribution in [1.82, 2.24) is 5.32 Å². The van der Waals surface area contributed by atoms with E-state index in [1.54, 1.807) is 6.92 Å². The van der Waals surface area contributed by atoms with Crippen LogP contribution in [0.5, 0.6) is 0 Å². The number of hydrogen-bond donors (Lipinski definition) is 1. The van der Waals surface area contributed by atoms with Crippen LogP contribution in [0.4, 0.5) is 13.2 Å². The van der Waals surface area contributed by atoms with E-state index in [4.69, 9.17) is 4.74 Å². The molecule has 1 N–H and O–H groups in total. The molecule has 0 aliphatic heterocycles. The first kappa shape index (κ1) is 22.1. The number of carbonyl (C=O) groups is 1. The van der Waals surface area contributed by atoms with Crippen molar-refractivity contribution in [3.63, 3.8) is 0 Å². The van der Waals surface area contributed by atoms with Gasteiger partial charge < -0.3 is 10.1 Å². The first-order valence-corrected chi connectivity index (χ1v) is 11.0. The van der Waals surface area contributed by atoms with Crippen LogP contribution in [0.3, 0.4) is 0 Å². The third-order valence-corrected chi connectivity index (χ3v) is 6.56. The average Bonchev–Trinajstić information content (AvgIpc) is 2.70. The van der Waals surface area contributed by atoms with Crippen LogP contribution in [0, 0.1) is 29.3 Å². The molecule has 2 fully saturated rings. The maximum absolute atomic E-state index is 14.7. The second-order valence-electron chi connectivity index (χ2n) is 8.53. The lowest BCUT2D eigenvalue weighted by molar-refractivity contribution is -0.144. The molecule has 29 heavy (non-hydrogen) atoms. The van der Waals surface area contributed by atoms with E-state index >= 15 is 0 Å². The van der Waals surface area contributed by atoms with Gasteiger partial charge in [0.25, 0.3) is 0 Å². The summed E-state index contributed by atoms with van der Waals surface area (Å²) in [5, 5.41) is 3.60. The number of carbonyl (C=O) groups excluding carboxylic acids is 1. The first-order chi connectivity index (χ1) is 14.0. The molecule has 0 spiro atoms. The Balaban J connectivity index is 1.82. The molecule has 1 aromatic carbocycles. The maximum atomic E-state index is 14.7. The Bertz CT molecular complexity index is 691. The molecule has 0 radical (unpaired) electrons. The summed E-state index contributed by atoms with van der Waals surface area (Å²) in [6, 6.07) is 1.54. The molecule has 0 amide bonds. The number of esters is 1. The van der Waals surface area contributed by atoms with Gasteiger partial charge in [-0.1, -0.05) is 25.7 Å². The third kappa shape index (κ3) is 5.74. The van der Waals surface area contributed by atoms with Crippen LogP contribution in [-0.2, 0) is 9.53 Å². The third-order valence-electron chi connectivity index (χ3n) is 6.56. The van der Waals surface area contributed by atoms with Crippen LogP contribution >= 0.6 is 0 Å². The Kier molecular flexibility index (Phi) is 7.99. The Morgan fingerprint density at radius 2 is 1.72 bits per heavy atom. The van der Waals surface area contributed by atoms with E-state index in [1.807, 2.05) is 0 Å². The highest BCUT2D eigenvalue weighted by Gasteiger charge is 2.38. The van der Waals surface area contributed by atoms with E-state index in [-0.39, 0.29) is 35.8 Å². The van der Waals surface area contributed by atoms with Gasteiger partial charge in [0.1, 0.15) is 5.82 Å². The van der Waals surface area contributed by atoms with Crippen molar-refractivity contribution in [3.05, 3.63) is 35.1 Å². The molecule has 1 aromatic rings. The zero-order valence-electron chi connectivity index (χ0n) is 17.2. The van der Waals surface area contributed by atoms with Crippen LogP contribution in [0.2, 0.25) is 0 Å². The molecule has 3 rings (SSSR count). The van der Waals surface area contributed by atoms with Crippen LogP contribution in [0.25, 0.3) is 0 Å². The summed E-state index contributed by atoms with van der Waals surface area (Å²) < 4.78 is 47.3. The Labute approximate surface area is 171 Å². The first-order valence-electron chi connectivity index (χ1n) is 11.0. The van der Waals surface area contributed by atoms with Crippen LogP contribution < -0.4 is 5.32 Å². The number of ether oxygens (including phenoxy) is 1. The summed E-state index contributed by atoms with van der Waals surface area (Å²) in [6.45, 7) is 2.89. The summed E-state index contributed by atoms with van der Waals surface area (Å²) in [5.41, 5.74) is 0.166. The van der Waals surface area contributed by atoms with Gasteiger partial charge in [-0.3, -0.25) is 4.79 Å². The van der Waals surface area contributed by atoms with Gasteiger partial charge in [0.05, 0.1) is 6.61 Å². The highest BCUT2D eigenvalue weighted by Crippen LogP contribution is 2.42. The lowest BCUT2D eigenvalue weighted by Crippen LogP contribution is -2.44. The molecule has 6 heteroatoms. The van der Waals surface area contributed by atoms with E-state index < -0.39 is 17.5 Å². The van der Waals surface area contributed by atoms with Gasteiger partial charge in [0, 0.05) is 24.4 Å². The zero-order valence-corrected chi connectivity index (χ0v) is 17.2. The zero-order chi connectivity index (χ0) is 20.8. The van der Waals surface area contributed by atoms with Crippen LogP contribution in [0.1, 0.15) is 76.2 Å². The molecule has 162 valence electrons. The Morgan fingerprint density at radius 1 is 1.00 bits per heavy atom. The molecule has 0 heterocycles. The molecule has 3 nitrogen and oxygen atoms in total. The Hall–Kier alpha value is -1.56. The molecular formula is C23H32F3NO2. The van der Waals surface area contributed by atoms with Crippen molar-refractivity contribution in [2.45, 2.75) is 76.7 Å². The second-order valence-corrected chi connectivity index (χ2v) is 8.53. The number of rotatable bonds is 7. The van der Waals surface area contributed by atoms with Gasteiger partial charge in [-0.05, 0) is 62.6 Å². The van der Waals surface area contributed by atoms with Gasteiger partial charge in [0.2, 0.25) is 0 Å². The summed E-state index contributed by atoms with van der Waals surface area (Å²) in [7, 11) is 0. The average molecular weight is 412 g/mol. The molecule has 3 atom stereocenters. The smallest absolute Gasteiger partial charge is 0.306 e. The molecule has 0 aromatic heterocycles. The van der Waals surface area contributed by atoms with Crippen LogP contribution in [-0.4, -0.2) is 25.2 Å². The normalized spacial score (nSPS) is 25.7. The minimum atomic E-state index is -1.18. The monoisotopic (exact) mass is 411 g/mol. The van der Waals surface area contributed by atoms with Crippen molar-refractivity contribution in [3.8, 4) is 0 Å². The van der Waals surface area contributed by atoms with E-state index in [0.29, 0.717) is 18.6 Å². The number of nitrogens with one attached hydrogen (secondary N) is 1. The lowest BCUT2D eigenvalue weighted by atomic mass is 9.70. The number of hydrogen-bond acceptors (Lipinski definition) is 3. The number of benzene rings is 1. The molecule has 2 aliphatic rings. The van der Waals surface area contributed by atoms with Gasteiger partial charge in [0.15, 0.2) is 11.6 Å². The lowest BCUT2D eigenvalue weighted by Gasteiger charge is -2.40. The quantitative estimate of drug-likeness (QED) is 0.477. The Morgan fingerprint density at radius 3 is 2.45 bits per heavy atom. The van der Waals surface area contributed by atoms with Crippen molar-refractivity contribution in [1.29, 1.82) is 0 Å². The van der Waals surface area contributed by atoms with Gasteiger partial charge in [-0.15, -0.1) is 0 Å². The molecule has 2 saturated carbocycles. The largest absolute Gasteiger partial charge is 0.466 e. The van der Waals surface area contributed by atoms with E-state index in [2.05, 4.69) is 5.32 Å². The predicted molar refractivity (Wildman–Crippen MR) is 106 cm³/mol. The highest BCUT2D eigenvalue weighted by atomic mass is 19.2. The SMILES string of the molecule is CCOC(=O)CC1CCCC(NCC2CCCCC2)C1c1cc(F)c(F)cc1F. The fourth-order valence-corrected chi connectivity index (χ4v) is 5.15. The number of halogens is 3. The van der Waals surface area contributed by atoms with Crippen molar-refractivity contribution >= 4 is 5.97 Å². The van der Waals surface area contributed by atoms with Gasteiger partial charge in [-0.25, -0.2) is 13.2 Å². The highest BCUT2D eigenvalue weighted by molar-refractivity contribution is 5.69.